The molecule has 0 unspecified atom stereocenters. The van der Waals surface area contributed by atoms with E-state index in [1.807, 2.05) is 13.0 Å². The Kier molecular flexibility index (Phi) is 4.20. The standard InChI is InChI=1S/C10H14BrNO2/c1-3-8-4-5-9(14-8)10(13)12(2)7-6-11/h4-5H,3,6-7H2,1-2H3. The van der Waals surface area contributed by atoms with E-state index in [0.29, 0.717) is 12.3 Å². The second-order valence-corrected chi connectivity index (χ2v) is 3.83. The molecule has 0 atom stereocenters. The summed E-state index contributed by atoms with van der Waals surface area (Å²) in [5.41, 5.74) is 0. The average molecular weight is 260 g/mol. The van der Waals surface area contributed by atoms with Crippen LogP contribution in [0.3, 0.4) is 0 Å². The summed E-state index contributed by atoms with van der Waals surface area (Å²) in [6.07, 6.45) is 0.815. The molecular weight excluding hydrogens is 246 g/mol. The zero-order chi connectivity index (χ0) is 10.6. The van der Waals surface area contributed by atoms with Gasteiger partial charge in [-0.25, -0.2) is 0 Å². The first-order chi connectivity index (χ1) is 6.69. The molecule has 1 rings (SSSR count). The lowest BCUT2D eigenvalue weighted by molar-refractivity contribution is 0.0771. The van der Waals surface area contributed by atoms with E-state index in [1.54, 1.807) is 18.0 Å². The van der Waals surface area contributed by atoms with Crippen LogP contribution >= 0.6 is 15.9 Å². The number of hydrogen-bond donors (Lipinski definition) is 0. The molecule has 14 heavy (non-hydrogen) atoms. The predicted molar refractivity (Wildman–Crippen MR) is 58.8 cm³/mol. The van der Waals surface area contributed by atoms with Gasteiger partial charge >= 0.3 is 0 Å². The third-order valence-electron chi connectivity index (χ3n) is 1.99. The zero-order valence-corrected chi connectivity index (χ0v) is 10.0. The lowest BCUT2D eigenvalue weighted by Gasteiger charge is -2.13. The molecule has 0 aliphatic rings. The van der Waals surface area contributed by atoms with Gasteiger partial charge in [0.1, 0.15) is 5.76 Å². The van der Waals surface area contributed by atoms with Crippen molar-refractivity contribution >= 4 is 21.8 Å². The summed E-state index contributed by atoms with van der Waals surface area (Å²) in [6, 6.07) is 3.57. The van der Waals surface area contributed by atoms with Crippen LogP contribution in [0.2, 0.25) is 0 Å². The van der Waals surface area contributed by atoms with Crippen LogP contribution < -0.4 is 0 Å². The Labute approximate surface area is 92.2 Å². The molecule has 1 heterocycles. The third-order valence-corrected chi connectivity index (χ3v) is 2.34. The van der Waals surface area contributed by atoms with Gasteiger partial charge < -0.3 is 9.32 Å². The van der Waals surface area contributed by atoms with E-state index in [9.17, 15) is 4.79 Å². The fourth-order valence-corrected chi connectivity index (χ4v) is 1.63. The van der Waals surface area contributed by atoms with Crippen molar-refractivity contribution in [1.82, 2.24) is 4.90 Å². The number of nitrogens with zero attached hydrogens (tertiary/aromatic N) is 1. The van der Waals surface area contributed by atoms with E-state index in [-0.39, 0.29) is 5.91 Å². The maximum absolute atomic E-state index is 11.7. The van der Waals surface area contributed by atoms with Crippen molar-refractivity contribution in [2.75, 3.05) is 18.9 Å². The Morgan fingerprint density at radius 1 is 1.57 bits per heavy atom. The topological polar surface area (TPSA) is 33.5 Å². The first-order valence-corrected chi connectivity index (χ1v) is 5.71. The van der Waals surface area contributed by atoms with Crippen LogP contribution in [0.4, 0.5) is 0 Å². The van der Waals surface area contributed by atoms with Crippen molar-refractivity contribution in [2.45, 2.75) is 13.3 Å². The van der Waals surface area contributed by atoms with Crippen molar-refractivity contribution in [3.63, 3.8) is 0 Å². The fourth-order valence-electron chi connectivity index (χ4n) is 1.10. The van der Waals surface area contributed by atoms with Gasteiger partial charge in [-0.15, -0.1) is 0 Å². The molecule has 1 amide bonds. The molecule has 1 aromatic heterocycles. The summed E-state index contributed by atoms with van der Waals surface area (Å²) in [5, 5.41) is 0.774. The highest BCUT2D eigenvalue weighted by Gasteiger charge is 2.14. The van der Waals surface area contributed by atoms with Gasteiger partial charge in [0.25, 0.3) is 5.91 Å². The molecule has 78 valence electrons. The molecule has 0 N–H and O–H groups in total. The van der Waals surface area contributed by atoms with Crippen LogP contribution in [-0.2, 0) is 6.42 Å². The highest BCUT2D eigenvalue weighted by atomic mass is 79.9. The number of carbonyl (C=O) groups is 1. The van der Waals surface area contributed by atoms with E-state index >= 15 is 0 Å². The zero-order valence-electron chi connectivity index (χ0n) is 8.42. The summed E-state index contributed by atoms with van der Waals surface area (Å²) in [6.45, 7) is 2.68. The van der Waals surface area contributed by atoms with E-state index in [1.165, 1.54) is 0 Å². The van der Waals surface area contributed by atoms with Gasteiger partial charge in [0.2, 0.25) is 0 Å². The maximum Gasteiger partial charge on any atom is 0.289 e. The molecule has 0 radical (unpaired) electrons. The lowest BCUT2D eigenvalue weighted by atomic mass is 10.3. The second kappa shape index (κ2) is 5.20. The van der Waals surface area contributed by atoms with Crippen molar-refractivity contribution in [3.8, 4) is 0 Å². The number of carbonyl (C=O) groups excluding carboxylic acids is 1. The van der Waals surface area contributed by atoms with Crippen molar-refractivity contribution in [1.29, 1.82) is 0 Å². The van der Waals surface area contributed by atoms with Crippen LogP contribution in [-0.4, -0.2) is 29.7 Å². The molecular formula is C10H14BrNO2. The SMILES string of the molecule is CCc1ccc(C(=O)N(C)CCBr)o1. The minimum atomic E-state index is -0.0656. The Bertz CT molecular complexity index is 309. The quantitative estimate of drug-likeness (QED) is 0.778. The lowest BCUT2D eigenvalue weighted by Crippen LogP contribution is -2.28. The summed E-state index contributed by atoms with van der Waals surface area (Å²) in [5.74, 6) is 1.20. The van der Waals surface area contributed by atoms with Gasteiger partial charge in [-0.2, -0.15) is 0 Å². The Morgan fingerprint density at radius 3 is 2.79 bits per heavy atom. The molecule has 0 saturated heterocycles. The second-order valence-electron chi connectivity index (χ2n) is 3.04. The van der Waals surface area contributed by atoms with Gasteiger partial charge in [0.15, 0.2) is 5.76 Å². The van der Waals surface area contributed by atoms with E-state index < -0.39 is 0 Å². The molecule has 0 bridgehead atoms. The molecule has 0 fully saturated rings. The number of aryl methyl sites for hydroxylation is 1. The molecule has 0 spiro atoms. The number of rotatable bonds is 4. The Morgan fingerprint density at radius 2 is 2.29 bits per heavy atom. The summed E-state index contributed by atoms with van der Waals surface area (Å²) in [7, 11) is 1.76. The average Bonchev–Trinajstić information content (AvgIpc) is 2.65. The number of furan rings is 1. The van der Waals surface area contributed by atoms with Gasteiger partial charge in [0, 0.05) is 25.3 Å². The molecule has 0 aromatic carbocycles. The maximum atomic E-state index is 11.7. The van der Waals surface area contributed by atoms with Gasteiger partial charge in [0.05, 0.1) is 0 Å². The first-order valence-electron chi connectivity index (χ1n) is 4.59. The minimum absolute atomic E-state index is 0.0656. The van der Waals surface area contributed by atoms with Crippen molar-refractivity contribution in [2.24, 2.45) is 0 Å². The number of amides is 1. The summed E-state index contributed by atoms with van der Waals surface area (Å²) in [4.78, 5) is 13.3. The molecule has 4 heteroatoms. The van der Waals surface area contributed by atoms with E-state index in [2.05, 4.69) is 15.9 Å². The molecule has 3 nitrogen and oxygen atoms in total. The first kappa shape index (κ1) is 11.3. The van der Waals surface area contributed by atoms with Crippen molar-refractivity contribution < 1.29 is 9.21 Å². The third kappa shape index (κ3) is 2.61. The van der Waals surface area contributed by atoms with Crippen LogP contribution in [0.25, 0.3) is 0 Å². The minimum Gasteiger partial charge on any atom is -0.456 e. The van der Waals surface area contributed by atoms with Gasteiger partial charge in [-0.1, -0.05) is 22.9 Å². The summed E-state index contributed by atoms with van der Waals surface area (Å²) >= 11 is 3.29. The van der Waals surface area contributed by atoms with Gasteiger partial charge in [-0.3, -0.25) is 4.79 Å². The molecule has 0 saturated carbocycles. The van der Waals surface area contributed by atoms with E-state index in [4.69, 9.17) is 4.42 Å². The smallest absolute Gasteiger partial charge is 0.289 e. The summed E-state index contributed by atoms with van der Waals surface area (Å²) < 4.78 is 5.36. The number of halogens is 1. The predicted octanol–water partition coefficient (Wildman–Crippen LogP) is 2.31. The van der Waals surface area contributed by atoms with Crippen LogP contribution in [0.5, 0.6) is 0 Å². The fraction of sp³-hybridized carbons (Fsp3) is 0.500. The van der Waals surface area contributed by atoms with Crippen molar-refractivity contribution in [3.05, 3.63) is 23.7 Å². The van der Waals surface area contributed by atoms with E-state index in [0.717, 1.165) is 17.5 Å². The highest BCUT2D eigenvalue weighted by molar-refractivity contribution is 9.09. The normalized spacial score (nSPS) is 10.2. The molecule has 0 aliphatic carbocycles. The molecule has 1 aromatic rings. The largest absolute Gasteiger partial charge is 0.456 e. The monoisotopic (exact) mass is 259 g/mol. The highest BCUT2D eigenvalue weighted by Crippen LogP contribution is 2.10. The van der Waals surface area contributed by atoms with Crippen LogP contribution in [0.1, 0.15) is 23.2 Å². The number of hydrogen-bond acceptors (Lipinski definition) is 2. The molecule has 0 aliphatic heterocycles. The van der Waals surface area contributed by atoms with Gasteiger partial charge in [-0.05, 0) is 12.1 Å². The Hall–Kier alpha value is -0.770. The van der Waals surface area contributed by atoms with Crippen LogP contribution in [0, 0.1) is 0 Å². The number of alkyl halides is 1. The van der Waals surface area contributed by atoms with Crippen LogP contribution in [0.15, 0.2) is 16.5 Å². The Balaban J connectivity index is 2.68.